The number of hydrogen-bond donors (Lipinski definition) is 0. The fourth-order valence-corrected chi connectivity index (χ4v) is 4.36. The third kappa shape index (κ3) is 4.08. The smallest absolute Gasteiger partial charge is 0.269 e. The van der Waals surface area contributed by atoms with Crippen LogP contribution in [0.2, 0.25) is 0 Å². The lowest BCUT2D eigenvalue weighted by Crippen LogP contribution is -1.98. The van der Waals surface area contributed by atoms with Gasteiger partial charge in [0.2, 0.25) is 11.8 Å². The second kappa shape index (κ2) is 8.47. The van der Waals surface area contributed by atoms with E-state index in [1.54, 1.807) is 12.1 Å². The maximum Gasteiger partial charge on any atom is 0.269 e. The minimum absolute atomic E-state index is 0.00698. The molecule has 3 aromatic heterocycles. The highest BCUT2D eigenvalue weighted by Gasteiger charge is 2.18. The number of thioether (sulfide) groups is 1. The van der Waals surface area contributed by atoms with Crippen LogP contribution in [-0.4, -0.2) is 29.7 Å². The van der Waals surface area contributed by atoms with Crippen molar-refractivity contribution in [3.63, 3.8) is 0 Å². The number of nitro benzene ring substituents is 1. The Morgan fingerprint density at radius 3 is 2.52 bits per heavy atom. The van der Waals surface area contributed by atoms with Gasteiger partial charge >= 0.3 is 0 Å². The molecule has 0 saturated carbocycles. The largest absolute Gasteiger partial charge is 0.420 e. The molecule has 0 N–H and O–H groups in total. The van der Waals surface area contributed by atoms with Gasteiger partial charge in [0, 0.05) is 23.3 Å². The molecular formula is C23H18N6O3S. The van der Waals surface area contributed by atoms with Crippen LogP contribution in [0.25, 0.3) is 28.2 Å². The first-order valence-corrected chi connectivity index (χ1v) is 11.1. The van der Waals surface area contributed by atoms with Crippen LogP contribution in [0.15, 0.2) is 70.2 Å². The summed E-state index contributed by atoms with van der Waals surface area (Å²) >= 11 is 1.45. The highest BCUT2D eigenvalue weighted by atomic mass is 32.2. The predicted molar refractivity (Wildman–Crippen MR) is 124 cm³/mol. The lowest BCUT2D eigenvalue weighted by molar-refractivity contribution is -0.384. The predicted octanol–water partition coefficient (Wildman–Crippen LogP) is 5.26. The Balaban J connectivity index is 1.43. The summed E-state index contributed by atoms with van der Waals surface area (Å²) in [5, 5.41) is 24.4. The third-order valence-electron chi connectivity index (χ3n) is 5.05. The van der Waals surface area contributed by atoms with E-state index in [1.807, 2.05) is 47.8 Å². The topological polar surface area (TPSA) is 112 Å². The number of hydrogen-bond acceptors (Lipinski definition) is 8. The van der Waals surface area contributed by atoms with Gasteiger partial charge in [-0.05, 0) is 37.6 Å². The number of benzene rings is 2. The van der Waals surface area contributed by atoms with Gasteiger partial charge in [0.25, 0.3) is 5.69 Å². The van der Waals surface area contributed by atoms with Crippen molar-refractivity contribution in [2.75, 3.05) is 0 Å². The average molecular weight is 459 g/mol. The fourth-order valence-electron chi connectivity index (χ4n) is 3.58. The zero-order chi connectivity index (χ0) is 22.9. The van der Waals surface area contributed by atoms with Gasteiger partial charge < -0.3 is 4.42 Å². The molecule has 10 heteroatoms. The number of aromatic nitrogens is 5. The van der Waals surface area contributed by atoms with Crippen molar-refractivity contribution in [3.8, 4) is 22.7 Å². The summed E-state index contributed by atoms with van der Waals surface area (Å²) in [6.07, 6.45) is 0. The van der Waals surface area contributed by atoms with Crippen molar-refractivity contribution in [2.24, 2.45) is 0 Å². The molecule has 33 heavy (non-hydrogen) atoms. The zero-order valence-electron chi connectivity index (χ0n) is 17.8. The Labute approximate surface area is 192 Å². The summed E-state index contributed by atoms with van der Waals surface area (Å²) in [7, 11) is 0. The molecule has 0 amide bonds. The van der Waals surface area contributed by atoms with E-state index >= 15 is 0 Å². The summed E-state index contributed by atoms with van der Waals surface area (Å²) in [6.45, 7) is 4.01. The van der Waals surface area contributed by atoms with E-state index in [4.69, 9.17) is 9.40 Å². The Hall–Kier alpha value is -4.05. The first kappa shape index (κ1) is 20.8. The summed E-state index contributed by atoms with van der Waals surface area (Å²) in [5.74, 6) is 1.14. The first-order valence-electron chi connectivity index (χ1n) is 10.1. The second-order valence-corrected chi connectivity index (χ2v) is 8.37. The minimum atomic E-state index is -0.449. The van der Waals surface area contributed by atoms with Crippen molar-refractivity contribution in [1.82, 2.24) is 24.8 Å². The molecule has 3 heterocycles. The molecule has 2 aromatic carbocycles. The molecule has 0 atom stereocenters. The molecule has 0 unspecified atom stereocenters. The summed E-state index contributed by atoms with van der Waals surface area (Å²) in [6, 6.07) is 18.1. The number of aryl methyl sites for hydroxylation is 2. The molecule has 0 saturated heterocycles. The SMILES string of the molecule is Cc1cc(C)c2c(-c3ccccc3)nc(SCc3nnc(-c4ccc([N+](=O)[O-])cc4)o3)n2n1. The Morgan fingerprint density at radius 1 is 1.03 bits per heavy atom. The molecule has 0 aliphatic rings. The lowest BCUT2D eigenvalue weighted by Gasteiger charge is -2.04. The van der Waals surface area contributed by atoms with Gasteiger partial charge in [0.15, 0.2) is 5.16 Å². The van der Waals surface area contributed by atoms with Crippen LogP contribution >= 0.6 is 11.8 Å². The molecule has 0 bridgehead atoms. The molecule has 5 rings (SSSR count). The number of nitro groups is 1. The summed E-state index contributed by atoms with van der Waals surface area (Å²) < 4.78 is 7.64. The molecule has 0 aliphatic carbocycles. The second-order valence-electron chi connectivity index (χ2n) is 7.43. The Bertz CT molecular complexity index is 1460. The average Bonchev–Trinajstić information content (AvgIpc) is 3.43. The van der Waals surface area contributed by atoms with Crippen molar-refractivity contribution in [3.05, 3.63) is 87.9 Å². The summed E-state index contributed by atoms with van der Waals surface area (Å²) in [5.41, 5.74) is 5.49. The van der Waals surface area contributed by atoms with E-state index in [0.717, 1.165) is 33.2 Å². The molecule has 0 radical (unpaired) electrons. The van der Waals surface area contributed by atoms with Gasteiger partial charge in [-0.1, -0.05) is 42.1 Å². The Kier molecular flexibility index (Phi) is 5.35. The molecule has 0 fully saturated rings. The van der Waals surface area contributed by atoms with Crippen molar-refractivity contribution in [2.45, 2.75) is 24.8 Å². The normalized spacial score (nSPS) is 11.2. The Morgan fingerprint density at radius 2 is 1.79 bits per heavy atom. The van der Waals surface area contributed by atoms with Crippen molar-refractivity contribution < 1.29 is 9.34 Å². The zero-order valence-corrected chi connectivity index (χ0v) is 18.6. The number of rotatable bonds is 6. The number of imidazole rings is 1. The van der Waals surface area contributed by atoms with Gasteiger partial charge in [-0.3, -0.25) is 10.1 Å². The van der Waals surface area contributed by atoms with Gasteiger partial charge in [0.1, 0.15) is 0 Å². The maximum absolute atomic E-state index is 10.8. The number of fused-ring (bicyclic) bond motifs is 1. The third-order valence-corrected chi connectivity index (χ3v) is 5.96. The fraction of sp³-hybridized carbons (Fsp3) is 0.130. The highest BCUT2D eigenvalue weighted by molar-refractivity contribution is 7.98. The summed E-state index contributed by atoms with van der Waals surface area (Å²) in [4.78, 5) is 15.3. The van der Waals surface area contributed by atoms with Crippen LogP contribution in [0.3, 0.4) is 0 Å². The highest BCUT2D eigenvalue weighted by Crippen LogP contribution is 2.32. The van der Waals surface area contributed by atoms with E-state index in [-0.39, 0.29) is 5.69 Å². The molecule has 5 aromatic rings. The molecular weight excluding hydrogens is 440 g/mol. The van der Waals surface area contributed by atoms with Crippen molar-refractivity contribution >= 4 is 23.0 Å². The minimum Gasteiger partial charge on any atom is -0.420 e. The van der Waals surface area contributed by atoms with Crippen LogP contribution in [0.5, 0.6) is 0 Å². The lowest BCUT2D eigenvalue weighted by atomic mass is 10.1. The number of nitrogens with zero attached hydrogens (tertiary/aromatic N) is 6. The first-order chi connectivity index (χ1) is 16.0. The van der Waals surface area contributed by atoms with Crippen LogP contribution < -0.4 is 0 Å². The van der Waals surface area contributed by atoms with Gasteiger partial charge in [-0.15, -0.1) is 10.2 Å². The quantitative estimate of drug-likeness (QED) is 0.192. The molecule has 9 nitrogen and oxygen atoms in total. The van der Waals surface area contributed by atoms with Gasteiger partial charge in [0.05, 0.1) is 27.6 Å². The monoisotopic (exact) mass is 458 g/mol. The van der Waals surface area contributed by atoms with Crippen LogP contribution in [-0.2, 0) is 5.75 Å². The van der Waals surface area contributed by atoms with Crippen LogP contribution in [0.4, 0.5) is 5.69 Å². The van der Waals surface area contributed by atoms with Gasteiger partial charge in [-0.2, -0.15) is 5.10 Å². The van der Waals surface area contributed by atoms with Crippen molar-refractivity contribution in [1.29, 1.82) is 0 Å². The van der Waals surface area contributed by atoms with Crippen LogP contribution in [0, 0.1) is 24.0 Å². The van der Waals surface area contributed by atoms with Gasteiger partial charge in [-0.25, -0.2) is 9.50 Å². The van der Waals surface area contributed by atoms with Crippen LogP contribution in [0.1, 0.15) is 17.1 Å². The van der Waals surface area contributed by atoms with E-state index < -0.39 is 4.92 Å². The molecule has 0 spiro atoms. The van der Waals surface area contributed by atoms with E-state index in [1.165, 1.54) is 23.9 Å². The number of non-ortho nitro benzene ring substituents is 1. The van der Waals surface area contributed by atoms with E-state index in [0.29, 0.717) is 23.1 Å². The standard InChI is InChI=1S/C23H18N6O3S/c1-14-12-15(2)27-28-21(14)20(16-6-4-3-5-7-16)24-23(28)33-13-19-25-26-22(32-19)17-8-10-18(11-9-17)29(30)31/h3-12H,13H2,1-2H3. The molecule has 164 valence electrons. The molecule has 0 aliphatic heterocycles. The van der Waals surface area contributed by atoms with E-state index in [2.05, 4.69) is 22.2 Å². The van der Waals surface area contributed by atoms with E-state index in [9.17, 15) is 10.1 Å². The maximum atomic E-state index is 10.8.